The fraction of sp³-hybridized carbons (Fsp3) is 0.115. The minimum absolute atomic E-state index is 0.118. The van der Waals surface area contributed by atoms with E-state index in [-0.39, 0.29) is 12.2 Å². The Labute approximate surface area is 184 Å². The molecule has 0 unspecified atom stereocenters. The van der Waals surface area contributed by atoms with Crippen LogP contribution >= 0.6 is 0 Å². The fourth-order valence-electron chi connectivity index (χ4n) is 4.15. The van der Waals surface area contributed by atoms with E-state index in [2.05, 4.69) is 5.32 Å². The maximum atomic E-state index is 13.6. The summed E-state index contributed by atoms with van der Waals surface area (Å²) in [4.78, 5) is 40.4. The molecule has 6 nitrogen and oxygen atoms in total. The standard InChI is InChI=1S/C26H20N2O4/c29-21(23-15-19-11-7-8-14-22(19)32-23)17-28-24(30)26(27-25(28)31,20-12-5-2-6-13-20)16-18-9-3-1-4-10-18/h1-15H,16-17H2,(H,27,31)/t26-/m0/s1. The van der Waals surface area contributed by atoms with Gasteiger partial charge >= 0.3 is 6.03 Å². The summed E-state index contributed by atoms with van der Waals surface area (Å²) in [6, 6.07) is 26.9. The van der Waals surface area contributed by atoms with Gasteiger partial charge in [0.15, 0.2) is 11.3 Å². The third kappa shape index (κ3) is 3.36. The predicted molar refractivity (Wildman–Crippen MR) is 119 cm³/mol. The first-order valence-electron chi connectivity index (χ1n) is 10.3. The summed E-state index contributed by atoms with van der Waals surface area (Å²) in [5.74, 6) is -0.776. The number of ketones is 1. The number of para-hydroxylation sites is 1. The molecule has 5 rings (SSSR count). The number of furan rings is 1. The van der Waals surface area contributed by atoms with Gasteiger partial charge in [0.1, 0.15) is 5.58 Å². The molecule has 0 bridgehead atoms. The van der Waals surface area contributed by atoms with Gasteiger partial charge in [0.05, 0.1) is 6.54 Å². The van der Waals surface area contributed by atoms with Crippen molar-refractivity contribution in [3.8, 4) is 0 Å². The van der Waals surface area contributed by atoms with Crippen LogP contribution < -0.4 is 5.32 Å². The molecule has 1 saturated heterocycles. The van der Waals surface area contributed by atoms with E-state index in [1.54, 1.807) is 12.1 Å². The highest BCUT2D eigenvalue weighted by Crippen LogP contribution is 2.33. The lowest BCUT2D eigenvalue weighted by Crippen LogP contribution is -2.46. The highest BCUT2D eigenvalue weighted by atomic mass is 16.3. The number of hydrogen-bond acceptors (Lipinski definition) is 4. The van der Waals surface area contributed by atoms with Crippen molar-refractivity contribution < 1.29 is 18.8 Å². The zero-order chi connectivity index (χ0) is 22.1. The maximum Gasteiger partial charge on any atom is 0.325 e. The van der Waals surface area contributed by atoms with Crippen LogP contribution in [0.25, 0.3) is 11.0 Å². The summed E-state index contributed by atoms with van der Waals surface area (Å²) in [5, 5.41) is 3.66. The number of hydrogen-bond donors (Lipinski definition) is 1. The van der Waals surface area contributed by atoms with Crippen molar-refractivity contribution >= 4 is 28.7 Å². The van der Waals surface area contributed by atoms with Gasteiger partial charge in [-0.1, -0.05) is 78.9 Å². The monoisotopic (exact) mass is 424 g/mol. The third-order valence-electron chi connectivity index (χ3n) is 5.76. The molecule has 2 heterocycles. The van der Waals surface area contributed by atoms with Gasteiger partial charge in [-0.3, -0.25) is 14.5 Å². The van der Waals surface area contributed by atoms with Gasteiger partial charge in [0.25, 0.3) is 5.91 Å². The molecule has 158 valence electrons. The first kappa shape index (κ1) is 19.8. The Morgan fingerprint density at radius 1 is 0.875 bits per heavy atom. The maximum absolute atomic E-state index is 13.6. The molecule has 3 amide bonds. The summed E-state index contributed by atoms with van der Waals surface area (Å²) < 4.78 is 5.62. The van der Waals surface area contributed by atoms with Crippen LogP contribution in [0.1, 0.15) is 21.7 Å². The molecule has 3 aromatic carbocycles. The molecule has 1 aliphatic heterocycles. The number of nitrogens with zero attached hydrogens (tertiary/aromatic N) is 1. The zero-order valence-electron chi connectivity index (χ0n) is 17.2. The van der Waals surface area contributed by atoms with Gasteiger partial charge in [0, 0.05) is 11.8 Å². The van der Waals surface area contributed by atoms with Crippen LogP contribution in [0.15, 0.2) is 95.4 Å². The normalized spacial score (nSPS) is 18.2. The summed E-state index contributed by atoms with van der Waals surface area (Å²) in [5.41, 5.74) is 0.862. The number of rotatable bonds is 6. The topological polar surface area (TPSA) is 79.6 Å². The number of imide groups is 1. The number of benzene rings is 3. The van der Waals surface area contributed by atoms with Crippen molar-refractivity contribution in [3.63, 3.8) is 0 Å². The summed E-state index contributed by atoms with van der Waals surface area (Å²) in [7, 11) is 0. The molecule has 0 radical (unpaired) electrons. The van der Waals surface area contributed by atoms with E-state index < -0.39 is 29.8 Å². The second kappa shape index (κ2) is 7.81. The second-order valence-electron chi connectivity index (χ2n) is 7.83. The van der Waals surface area contributed by atoms with E-state index in [0.717, 1.165) is 15.8 Å². The van der Waals surface area contributed by atoms with E-state index in [9.17, 15) is 14.4 Å². The molecule has 1 aliphatic rings. The first-order valence-corrected chi connectivity index (χ1v) is 10.3. The third-order valence-corrected chi connectivity index (χ3v) is 5.76. The average Bonchev–Trinajstić information content (AvgIpc) is 3.36. The van der Waals surface area contributed by atoms with E-state index in [1.807, 2.05) is 78.9 Å². The molecule has 0 saturated carbocycles. The highest BCUT2D eigenvalue weighted by molar-refractivity contribution is 6.11. The van der Waals surface area contributed by atoms with Crippen molar-refractivity contribution in [1.29, 1.82) is 0 Å². The molecule has 1 N–H and O–H groups in total. The van der Waals surface area contributed by atoms with Crippen molar-refractivity contribution in [2.45, 2.75) is 12.0 Å². The number of fused-ring (bicyclic) bond motifs is 1. The number of nitrogens with one attached hydrogen (secondary N) is 1. The highest BCUT2D eigenvalue weighted by Gasteiger charge is 2.52. The molecular weight excluding hydrogens is 404 g/mol. The van der Waals surface area contributed by atoms with Gasteiger partial charge in [-0.15, -0.1) is 0 Å². The second-order valence-corrected chi connectivity index (χ2v) is 7.83. The van der Waals surface area contributed by atoms with Gasteiger partial charge in [-0.2, -0.15) is 0 Å². The molecular formula is C26H20N2O4. The summed E-state index contributed by atoms with van der Waals surface area (Å²) >= 11 is 0. The molecule has 4 aromatic rings. The van der Waals surface area contributed by atoms with Crippen LogP contribution in [0.3, 0.4) is 0 Å². The first-order chi connectivity index (χ1) is 15.6. The lowest BCUT2D eigenvalue weighted by atomic mass is 9.83. The van der Waals surface area contributed by atoms with Gasteiger partial charge < -0.3 is 9.73 Å². The Kier molecular flexibility index (Phi) is 4.82. The van der Waals surface area contributed by atoms with Crippen LogP contribution in [0, 0.1) is 0 Å². The molecule has 1 aromatic heterocycles. The largest absolute Gasteiger partial charge is 0.453 e. The molecule has 1 fully saturated rings. The SMILES string of the molecule is O=C(CN1C(=O)N[C@@](Cc2ccccc2)(c2ccccc2)C1=O)c1cc2ccccc2o1. The minimum Gasteiger partial charge on any atom is -0.453 e. The molecule has 0 spiro atoms. The van der Waals surface area contributed by atoms with Crippen LogP contribution in [0.2, 0.25) is 0 Å². The van der Waals surface area contributed by atoms with E-state index in [4.69, 9.17) is 4.42 Å². The van der Waals surface area contributed by atoms with E-state index >= 15 is 0 Å². The van der Waals surface area contributed by atoms with Gasteiger partial charge in [-0.25, -0.2) is 4.79 Å². The Morgan fingerprint density at radius 2 is 1.53 bits per heavy atom. The summed E-state index contributed by atoms with van der Waals surface area (Å²) in [6.07, 6.45) is 0.276. The van der Waals surface area contributed by atoms with Crippen LogP contribution in [0.4, 0.5) is 4.79 Å². The lowest BCUT2D eigenvalue weighted by molar-refractivity contribution is -0.131. The molecule has 0 aliphatic carbocycles. The number of carbonyl (C=O) groups excluding carboxylic acids is 3. The van der Waals surface area contributed by atoms with Crippen molar-refractivity contribution in [3.05, 3.63) is 108 Å². The zero-order valence-corrected chi connectivity index (χ0v) is 17.2. The number of Topliss-reactive ketones (excluding diaryl/α,β-unsaturated/α-hetero) is 1. The quantitative estimate of drug-likeness (QED) is 0.370. The van der Waals surface area contributed by atoms with Crippen LogP contribution in [0.5, 0.6) is 0 Å². The van der Waals surface area contributed by atoms with Crippen molar-refractivity contribution in [2.75, 3.05) is 6.54 Å². The van der Waals surface area contributed by atoms with Crippen LogP contribution in [-0.4, -0.2) is 29.2 Å². The fourth-order valence-corrected chi connectivity index (χ4v) is 4.15. The van der Waals surface area contributed by atoms with E-state index in [1.165, 1.54) is 0 Å². The Bertz CT molecular complexity index is 1280. The van der Waals surface area contributed by atoms with Gasteiger partial charge in [-0.05, 0) is 23.3 Å². The Balaban J connectivity index is 1.47. The van der Waals surface area contributed by atoms with Crippen LogP contribution in [-0.2, 0) is 16.8 Å². The predicted octanol–water partition coefficient (Wildman–Crippen LogP) is 4.31. The minimum atomic E-state index is -1.28. The van der Waals surface area contributed by atoms with Crippen molar-refractivity contribution in [2.24, 2.45) is 0 Å². The Hall–Kier alpha value is -4.19. The molecule has 6 heteroatoms. The van der Waals surface area contributed by atoms with Crippen molar-refractivity contribution in [1.82, 2.24) is 10.2 Å². The van der Waals surface area contributed by atoms with Gasteiger partial charge in [0.2, 0.25) is 5.78 Å². The average molecular weight is 424 g/mol. The van der Waals surface area contributed by atoms with E-state index in [0.29, 0.717) is 11.1 Å². The Morgan fingerprint density at radius 3 is 2.25 bits per heavy atom. The number of carbonyl (C=O) groups is 3. The lowest BCUT2D eigenvalue weighted by Gasteiger charge is -2.27. The smallest absolute Gasteiger partial charge is 0.325 e. The summed E-state index contributed by atoms with van der Waals surface area (Å²) in [6.45, 7) is -0.395. The number of urea groups is 1. The number of amides is 3. The molecule has 32 heavy (non-hydrogen) atoms. The molecule has 1 atom stereocenters.